The van der Waals surface area contributed by atoms with Crippen molar-refractivity contribution in [2.45, 2.75) is 6.54 Å². The molecule has 16 heavy (non-hydrogen) atoms. The number of hydrogen-bond acceptors (Lipinski definition) is 3. The fourth-order valence-electron chi connectivity index (χ4n) is 1.39. The average molecular weight is 300 g/mol. The van der Waals surface area contributed by atoms with Gasteiger partial charge in [-0.15, -0.1) is 0 Å². The third kappa shape index (κ3) is 2.36. The summed E-state index contributed by atoms with van der Waals surface area (Å²) in [7, 11) is 1.63. The number of hydrogen-bond donors (Lipinski definition) is 0. The van der Waals surface area contributed by atoms with Crippen LogP contribution in [0.15, 0.2) is 39.0 Å². The van der Waals surface area contributed by atoms with Crippen LogP contribution < -0.4 is 9.61 Å². The number of aromatic nitrogens is 1. The summed E-state index contributed by atoms with van der Waals surface area (Å²) in [5.41, 5.74) is 1.03. The Kier molecular flexibility index (Phi) is 3.46. The van der Waals surface area contributed by atoms with Crippen LogP contribution in [-0.2, 0) is 6.54 Å². The normalized spacial score (nSPS) is 10.4. The first-order chi connectivity index (χ1) is 7.70. The lowest BCUT2D eigenvalue weighted by Gasteiger charge is -2.07. The van der Waals surface area contributed by atoms with Crippen LogP contribution >= 0.6 is 27.3 Å². The van der Waals surface area contributed by atoms with Crippen LogP contribution in [0.2, 0.25) is 0 Å². The van der Waals surface area contributed by atoms with Crippen LogP contribution in [0.4, 0.5) is 0 Å². The first-order valence-corrected chi connectivity index (χ1v) is 6.34. The fraction of sp³-hybridized carbons (Fsp3) is 0.182. The molecule has 0 amide bonds. The number of methoxy groups -OCH3 is 1. The fourth-order valence-corrected chi connectivity index (χ4v) is 2.35. The van der Waals surface area contributed by atoms with Crippen LogP contribution in [0.25, 0.3) is 0 Å². The topological polar surface area (TPSA) is 31.2 Å². The molecule has 0 saturated heterocycles. The molecule has 0 unspecified atom stereocenters. The minimum absolute atomic E-state index is 0.0507. The maximum Gasteiger partial charge on any atom is 0.307 e. The van der Waals surface area contributed by atoms with E-state index < -0.39 is 0 Å². The minimum atomic E-state index is 0.0507. The summed E-state index contributed by atoms with van der Waals surface area (Å²) < 4.78 is 7.80. The number of rotatable bonds is 3. The van der Waals surface area contributed by atoms with Gasteiger partial charge in [-0.3, -0.25) is 4.79 Å². The quantitative estimate of drug-likeness (QED) is 0.873. The number of ether oxygens (including phenoxy) is 1. The summed E-state index contributed by atoms with van der Waals surface area (Å²) in [6.45, 7) is 0.556. The first-order valence-electron chi connectivity index (χ1n) is 4.67. The predicted molar refractivity (Wildman–Crippen MR) is 68.4 cm³/mol. The first kappa shape index (κ1) is 11.4. The zero-order valence-electron chi connectivity index (χ0n) is 8.64. The van der Waals surface area contributed by atoms with E-state index in [9.17, 15) is 4.79 Å². The molecular weight excluding hydrogens is 290 g/mol. The van der Waals surface area contributed by atoms with Crippen LogP contribution in [0.5, 0.6) is 5.75 Å². The van der Waals surface area contributed by atoms with Crippen molar-refractivity contribution in [3.05, 3.63) is 49.5 Å². The van der Waals surface area contributed by atoms with Gasteiger partial charge in [0.2, 0.25) is 0 Å². The number of nitrogens with zero attached hydrogens (tertiary/aromatic N) is 1. The molecule has 0 spiro atoms. The highest BCUT2D eigenvalue weighted by Gasteiger charge is 2.04. The van der Waals surface area contributed by atoms with Crippen LogP contribution in [0.1, 0.15) is 5.56 Å². The van der Waals surface area contributed by atoms with Gasteiger partial charge in [0.1, 0.15) is 5.75 Å². The molecule has 0 aliphatic carbocycles. The third-order valence-corrected chi connectivity index (χ3v) is 3.71. The molecule has 2 rings (SSSR count). The van der Waals surface area contributed by atoms with Crippen molar-refractivity contribution < 1.29 is 4.74 Å². The van der Waals surface area contributed by atoms with Crippen molar-refractivity contribution in [2.24, 2.45) is 0 Å². The van der Waals surface area contributed by atoms with Gasteiger partial charge in [0.15, 0.2) is 0 Å². The number of benzene rings is 1. The van der Waals surface area contributed by atoms with Crippen molar-refractivity contribution in [1.29, 1.82) is 0 Å². The van der Waals surface area contributed by atoms with Gasteiger partial charge in [-0.05, 0) is 23.8 Å². The van der Waals surface area contributed by atoms with Crippen molar-refractivity contribution in [1.82, 2.24) is 4.57 Å². The molecule has 0 radical (unpaired) electrons. The number of halogens is 1. The standard InChI is InChI=1S/C11H10BrNO2S/c1-15-9-2-3-10(12)8(6-9)7-13-4-5-16-11(13)14/h2-6H,7H2,1H3. The molecule has 0 bridgehead atoms. The predicted octanol–water partition coefficient (Wildman–Crippen LogP) is 2.73. The Labute approximate surface area is 105 Å². The molecule has 1 aromatic carbocycles. The smallest absolute Gasteiger partial charge is 0.307 e. The molecule has 0 fully saturated rings. The van der Waals surface area contributed by atoms with E-state index in [4.69, 9.17) is 4.74 Å². The molecule has 1 heterocycles. The lowest BCUT2D eigenvalue weighted by Crippen LogP contribution is -2.12. The lowest BCUT2D eigenvalue weighted by molar-refractivity contribution is 0.414. The molecule has 0 saturated carbocycles. The Balaban J connectivity index is 2.34. The Morgan fingerprint density at radius 2 is 2.31 bits per heavy atom. The van der Waals surface area contributed by atoms with Crippen molar-refractivity contribution in [2.75, 3.05) is 7.11 Å². The SMILES string of the molecule is COc1ccc(Br)c(Cn2ccsc2=O)c1. The van der Waals surface area contributed by atoms with E-state index in [0.717, 1.165) is 15.8 Å². The van der Waals surface area contributed by atoms with E-state index in [1.54, 1.807) is 23.3 Å². The average Bonchev–Trinajstić information content (AvgIpc) is 2.68. The Morgan fingerprint density at radius 3 is 2.94 bits per heavy atom. The highest BCUT2D eigenvalue weighted by molar-refractivity contribution is 9.10. The van der Waals surface area contributed by atoms with E-state index in [2.05, 4.69) is 15.9 Å². The Morgan fingerprint density at radius 1 is 1.50 bits per heavy atom. The molecule has 1 aromatic heterocycles. The van der Waals surface area contributed by atoms with Crippen LogP contribution in [0.3, 0.4) is 0 Å². The molecule has 2 aromatic rings. The van der Waals surface area contributed by atoms with Gasteiger partial charge < -0.3 is 9.30 Å². The zero-order valence-corrected chi connectivity index (χ0v) is 11.0. The van der Waals surface area contributed by atoms with Crippen molar-refractivity contribution in [3.8, 4) is 5.75 Å². The summed E-state index contributed by atoms with van der Waals surface area (Å²) in [6, 6.07) is 5.73. The van der Waals surface area contributed by atoms with E-state index in [-0.39, 0.29) is 4.87 Å². The molecule has 84 valence electrons. The molecule has 0 N–H and O–H groups in total. The molecule has 3 nitrogen and oxygen atoms in total. The second-order valence-electron chi connectivity index (χ2n) is 3.25. The van der Waals surface area contributed by atoms with Crippen LogP contribution in [-0.4, -0.2) is 11.7 Å². The number of thiazole rings is 1. The van der Waals surface area contributed by atoms with Gasteiger partial charge in [0, 0.05) is 16.0 Å². The van der Waals surface area contributed by atoms with E-state index in [1.807, 2.05) is 18.2 Å². The van der Waals surface area contributed by atoms with E-state index in [0.29, 0.717) is 6.54 Å². The maximum atomic E-state index is 11.4. The summed E-state index contributed by atoms with van der Waals surface area (Å²) in [6.07, 6.45) is 1.79. The highest BCUT2D eigenvalue weighted by Crippen LogP contribution is 2.23. The molecule has 5 heteroatoms. The van der Waals surface area contributed by atoms with Crippen LogP contribution in [0, 0.1) is 0 Å². The third-order valence-electron chi connectivity index (χ3n) is 2.24. The van der Waals surface area contributed by atoms with Gasteiger partial charge in [0.25, 0.3) is 0 Å². The minimum Gasteiger partial charge on any atom is -0.497 e. The Hall–Kier alpha value is -1.07. The van der Waals surface area contributed by atoms with Crippen molar-refractivity contribution >= 4 is 27.3 Å². The summed E-state index contributed by atoms with van der Waals surface area (Å²) >= 11 is 4.66. The highest BCUT2D eigenvalue weighted by atomic mass is 79.9. The van der Waals surface area contributed by atoms with Gasteiger partial charge in [-0.25, -0.2) is 0 Å². The Bertz CT molecular complexity index is 547. The summed E-state index contributed by atoms with van der Waals surface area (Å²) in [5, 5.41) is 1.79. The molecule has 0 atom stereocenters. The van der Waals surface area contributed by atoms with E-state index in [1.165, 1.54) is 11.3 Å². The van der Waals surface area contributed by atoms with Gasteiger partial charge in [-0.2, -0.15) is 0 Å². The van der Waals surface area contributed by atoms with Crippen molar-refractivity contribution in [3.63, 3.8) is 0 Å². The van der Waals surface area contributed by atoms with E-state index >= 15 is 0 Å². The lowest BCUT2D eigenvalue weighted by atomic mass is 10.2. The zero-order chi connectivity index (χ0) is 11.5. The van der Waals surface area contributed by atoms with Gasteiger partial charge >= 0.3 is 4.87 Å². The molecular formula is C11H10BrNO2S. The van der Waals surface area contributed by atoms with Gasteiger partial charge in [0.05, 0.1) is 13.7 Å². The summed E-state index contributed by atoms with van der Waals surface area (Å²) in [5.74, 6) is 0.793. The second-order valence-corrected chi connectivity index (χ2v) is 4.97. The molecule has 0 aliphatic rings. The summed E-state index contributed by atoms with van der Waals surface area (Å²) in [4.78, 5) is 11.5. The molecule has 0 aliphatic heterocycles. The van der Waals surface area contributed by atoms with Gasteiger partial charge in [-0.1, -0.05) is 27.3 Å². The second kappa shape index (κ2) is 4.84. The maximum absolute atomic E-state index is 11.4. The monoisotopic (exact) mass is 299 g/mol. The largest absolute Gasteiger partial charge is 0.497 e.